The lowest BCUT2D eigenvalue weighted by Gasteiger charge is -2.25. The molecule has 0 heterocycles. The van der Waals surface area contributed by atoms with Crippen molar-refractivity contribution in [1.29, 1.82) is 0 Å². The van der Waals surface area contributed by atoms with Crippen LogP contribution in [0.3, 0.4) is 0 Å². The Morgan fingerprint density at radius 2 is 0.613 bits per heavy atom. The minimum Gasteiger partial charge on any atom is -0.0622 e. The summed E-state index contributed by atoms with van der Waals surface area (Å²) in [7, 11) is 0. The predicted octanol–water partition coefficient (Wildman–Crippen LogP) is 17.3. The maximum absolute atomic E-state index is 2.45. The lowest BCUT2D eigenvalue weighted by atomic mass is 9.78. The maximum atomic E-state index is 2.45. The normalized spacial score (nSPS) is 11.5. The van der Waals surface area contributed by atoms with Crippen molar-refractivity contribution in [2.75, 3.05) is 0 Å². The molecule has 0 fully saturated rings. The van der Waals surface area contributed by atoms with Crippen molar-refractivity contribution in [1.82, 2.24) is 0 Å². The van der Waals surface area contributed by atoms with E-state index in [1.807, 2.05) is 0 Å². The van der Waals surface area contributed by atoms with Gasteiger partial charge in [-0.2, -0.15) is 0 Å². The minimum absolute atomic E-state index is 1.17. The quantitative estimate of drug-likeness (QED) is 0.151. The minimum atomic E-state index is 1.17. The third-order valence-corrected chi connectivity index (χ3v) is 12.8. The van der Waals surface area contributed by atoms with Crippen LogP contribution in [-0.4, -0.2) is 0 Å². The Morgan fingerprint density at radius 3 is 1.27 bits per heavy atom. The van der Waals surface area contributed by atoms with Gasteiger partial charge in [0.2, 0.25) is 0 Å². The van der Waals surface area contributed by atoms with Gasteiger partial charge in [-0.25, -0.2) is 0 Å². The molecule has 0 spiro atoms. The van der Waals surface area contributed by atoms with Crippen LogP contribution >= 0.6 is 0 Å². The molecule has 0 aromatic heterocycles. The highest BCUT2D eigenvalue weighted by Gasteiger charge is 2.26. The van der Waals surface area contributed by atoms with E-state index < -0.39 is 0 Å². The van der Waals surface area contributed by atoms with E-state index in [4.69, 9.17) is 0 Å². The zero-order chi connectivity index (χ0) is 41.0. The fraction of sp³-hybridized carbons (Fsp3) is 0. The van der Waals surface area contributed by atoms with Gasteiger partial charge in [0.15, 0.2) is 0 Å². The van der Waals surface area contributed by atoms with E-state index >= 15 is 0 Å². The van der Waals surface area contributed by atoms with Crippen molar-refractivity contribution in [3.8, 4) is 100 Å². The highest BCUT2D eigenvalue weighted by Crippen LogP contribution is 2.53. The first-order chi connectivity index (χ1) is 30.8. The highest BCUT2D eigenvalue weighted by atomic mass is 14.3. The molecule has 1 aliphatic rings. The summed E-state index contributed by atoms with van der Waals surface area (Å²) in [5, 5.41) is 5.09. The van der Waals surface area contributed by atoms with Gasteiger partial charge in [0.1, 0.15) is 0 Å². The van der Waals surface area contributed by atoms with Gasteiger partial charge in [-0.15, -0.1) is 0 Å². The van der Waals surface area contributed by atoms with Crippen LogP contribution in [-0.2, 0) is 0 Å². The summed E-state index contributed by atoms with van der Waals surface area (Å²) in [6.07, 6.45) is 0. The standard InChI is InChI=1S/C62H40/c1-5-19-41(20-6-1)56-40-57(60(44-24-9-3-10-25-44)61(45-26-11-4-12-27-45)59(56)43-22-7-2-8-23-43)46-28-17-29-47(39-46)58-48-30-14-13-21-42(48)35-36-54(58)51-37-38-55-50-32-16-15-31-49(50)52-33-18-34-53(51)62(52)55/h1-40H. The monoisotopic (exact) mass is 784 g/mol. The van der Waals surface area contributed by atoms with E-state index in [1.54, 1.807) is 0 Å². The number of benzene rings is 11. The van der Waals surface area contributed by atoms with Crippen LogP contribution in [0.1, 0.15) is 0 Å². The van der Waals surface area contributed by atoms with E-state index in [0.717, 1.165) is 0 Å². The Balaban J connectivity index is 1.16. The van der Waals surface area contributed by atoms with Crippen LogP contribution in [0.5, 0.6) is 0 Å². The molecule has 11 aromatic carbocycles. The fourth-order valence-electron chi connectivity index (χ4n) is 10.2. The number of fused-ring (bicyclic) bond motifs is 4. The van der Waals surface area contributed by atoms with Crippen LogP contribution in [0, 0.1) is 0 Å². The molecule has 0 unspecified atom stereocenters. The zero-order valence-corrected chi connectivity index (χ0v) is 34.1. The van der Waals surface area contributed by atoms with E-state index in [9.17, 15) is 0 Å². The summed E-state index contributed by atoms with van der Waals surface area (Å²) >= 11 is 0. The predicted molar refractivity (Wildman–Crippen MR) is 264 cm³/mol. The molecule has 0 saturated heterocycles. The first-order valence-electron chi connectivity index (χ1n) is 21.5. The van der Waals surface area contributed by atoms with Crippen LogP contribution in [0.2, 0.25) is 0 Å². The van der Waals surface area contributed by atoms with Crippen molar-refractivity contribution >= 4 is 21.5 Å². The van der Waals surface area contributed by atoms with Crippen LogP contribution in [0.25, 0.3) is 122 Å². The van der Waals surface area contributed by atoms with Gasteiger partial charge in [-0.05, 0) is 134 Å². The van der Waals surface area contributed by atoms with Crippen molar-refractivity contribution in [3.05, 3.63) is 243 Å². The first-order valence-corrected chi connectivity index (χ1v) is 21.5. The molecule has 62 heavy (non-hydrogen) atoms. The number of rotatable bonds is 7. The first kappa shape index (κ1) is 35.8. The van der Waals surface area contributed by atoms with Gasteiger partial charge in [0, 0.05) is 0 Å². The second kappa shape index (κ2) is 14.9. The van der Waals surface area contributed by atoms with Gasteiger partial charge in [-0.3, -0.25) is 0 Å². The Labute approximate surface area is 362 Å². The smallest absolute Gasteiger partial charge is 0.00143 e. The molecular formula is C62H40. The summed E-state index contributed by atoms with van der Waals surface area (Å²) in [4.78, 5) is 0. The van der Waals surface area contributed by atoms with Gasteiger partial charge in [0.25, 0.3) is 0 Å². The van der Waals surface area contributed by atoms with Gasteiger partial charge >= 0.3 is 0 Å². The average molecular weight is 785 g/mol. The van der Waals surface area contributed by atoms with Gasteiger partial charge < -0.3 is 0 Å². The SMILES string of the molecule is c1ccc(-c2cc(-c3cccc(-c4c(-c5ccc6c7c(cccc57)-c5ccccc5-6)ccc5ccccc45)c3)c(-c3ccccc3)c(-c3ccccc3)c2-c2ccccc2)cc1. The fourth-order valence-corrected chi connectivity index (χ4v) is 10.2. The molecule has 12 rings (SSSR count). The highest BCUT2D eigenvalue weighted by molar-refractivity contribution is 6.20. The third-order valence-electron chi connectivity index (χ3n) is 12.8. The van der Waals surface area contributed by atoms with E-state index in [1.165, 1.54) is 122 Å². The molecule has 0 N–H and O–H groups in total. The molecular weight excluding hydrogens is 745 g/mol. The Kier molecular flexibility index (Phi) is 8.61. The van der Waals surface area contributed by atoms with Crippen molar-refractivity contribution in [3.63, 3.8) is 0 Å². The van der Waals surface area contributed by atoms with Crippen LogP contribution in [0.4, 0.5) is 0 Å². The summed E-state index contributed by atoms with van der Waals surface area (Å²) in [6, 6.07) is 89.4. The van der Waals surface area contributed by atoms with Crippen molar-refractivity contribution < 1.29 is 0 Å². The third kappa shape index (κ3) is 5.84. The summed E-state index contributed by atoms with van der Waals surface area (Å²) in [5.74, 6) is 0. The maximum Gasteiger partial charge on any atom is -0.00143 e. The van der Waals surface area contributed by atoms with E-state index in [2.05, 4.69) is 243 Å². The molecule has 0 bridgehead atoms. The average Bonchev–Trinajstić information content (AvgIpc) is 3.68. The number of hydrogen-bond acceptors (Lipinski definition) is 0. The molecule has 11 aromatic rings. The van der Waals surface area contributed by atoms with Crippen LogP contribution < -0.4 is 0 Å². The molecule has 0 amide bonds. The van der Waals surface area contributed by atoms with E-state index in [-0.39, 0.29) is 0 Å². The topological polar surface area (TPSA) is 0 Å². The Morgan fingerprint density at radius 1 is 0.177 bits per heavy atom. The van der Waals surface area contributed by atoms with E-state index in [0.29, 0.717) is 0 Å². The molecule has 0 nitrogen and oxygen atoms in total. The molecule has 0 radical (unpaired) electrons. The summed E-state index contributed by atoms with van der Waals surface area (Å²) in [5.41, 5.74) is 22.2. The van der Waals surface area contributed by atoms with Crippen LogP contribution in [0.15, 0.2) is 243 Å². The second-order valence-electron chi connectivity index (χ2n) is 16.3. The molecule has 0 atom stereocenters. The van der Waals surface area contributed by atoms with Crippen molar-refractivity contribution in [2.45, 2.75) is 0 Å². The Hall–Kier alpha value is -8.06. The molecule has 1 aliphatic carbocycles. The summed E-state index contributed by atoms with van der Waals surface area (Å²) in [6.45, 7) is 0. The summed E-state index contributed by atoms with van der Waals surface area (Å²) < 4.78 is 0. The zero-order valence-electron chi connectivity index (χ0n) is 34.1. The molecule has 288 valence electrons. The second-order valence-corrected chi connectivity index (χ2v) is 16.3. The molecule has 0 aliphatic heterocycles. The van der Waals surface area contributed by atoms with Gasteiger partial charge in [-0.1, -0.05) is 231 Å². The molecule has 0 heteroatoms. The van der Waals surface area contributed by atoms with Crippen molar-refractivity contribution in [2.24, 2.45) is 0 Å². The Bertz CT molecular complexity index is 3440. The number of hydrogen-bond donors (Lipinski definition) is 0. The lowest BCUT2D eigenvalue weighted by molar-refractivity contribution is 1.52. The molecule has 0 saturated carbocycles. The largest absolute Gasteiger partial charge is 0.0622 e. The van der Waals surface area contributed by atoms with Gasteiger partial charge in [0.05, 0.1) is 0 Å². The lowest BCUT2D eigenvalue weighted by Crippen LogP contribution is -1.98.